The molecule has 1 aliphatic heterocycles. The van der Waals surface area contributed by atoms with Gasteiger partial charge in [-0.15, -0.1) is 0 Å². The van der Waals surface area contributed by atoms with Crippen molar-refractivity contribution in [2.75, 3.05) is 22.9 Å². The van der Waals surface area contributed by atoms with Gasteiger partial charge in [-0.05, 0) is 80.8 Å². The summed E-state index contributed by atoms with van der Waals surface area (Å²) in [6.45, 7) is 6.26. The van der Waals surface area contributed by atoms with Gasteiger partial charge in [0.1, 0.15) is 5.75 Å². The summed E-state index contributed by atoms with van der Waals surface area (Å²) in [7, 11) is -2.36. The van der Waals surface area contributed by atoms with Crippen LogP contribution in [0.1, 0.15) is 35.3 Å². The fraction of sp³-hybridized carbons (Fsp3) is 0.269. The molecule has 172 valence electrons. The Morgan fingerprint density at radius 1 is 1.09 bits per heavy atom. The highest BCUT2D eigenvalue weighted by molar-refractivity contribution is 7.92. The summed E-state index contributed by atoms with van der Waals surface area (Å²) in [5, 5.41) is 0. The molecular formula is C26H28N2O4S. The molecule has 33 heavy (non-hydrogen) atoms. The van der Waals surface area contributed by atoms with Crippen LogP contribution in [0.4, 0.5) is 11.4 Å². The predicted molar refractivity (Wildman–Crippen MR) is 131 cm³/mol. The average molecular weight is 465 g/mol. The van der Waals surface area contributed by atoms with Gasteiger partial charge in [-0.3, -0.25) is 9.10 Å². The average Bonchev–Trinajstić information content (AvgIpc) is 3.14. The van der Waals surface area contributed by atoms with E-state index in [2.05, 4.69) is 0 Å². The summed E-state index contributed by atoms with van der Waals surface area (Å²) >= 11 is 0. The third-order valence-electron chi connectivity index (χ3n) is 6.04. The minimum atomic E-state index is -3.87. The molecule has 1 amide bonds. The van der Waals surface area contributed by atoms with Gasteiger partial charge in [0, 0.05) is 24.3 Å². The Balaban J connectivity index is 1.67. The van der Waals surface area contributed by atoms with Crippen LogP contribution in [0.5, 0.6) is 5.75 Å². The number of carbonyl (C=O) groups excluding carboxylic acids is 1. The zero-order chi connectivity index (χ0) is 23.8. The van der Waals surface area contributed by atoms with Crippen LogP contribution in [0.2, 0.25) is 0 Å². The third kappa shape index (κ3) is 4.20. The van der Waals surface area contributed by atoms with E-state index in [-0.39, 0.29) is 16.8 Å². The van der Waals surface area contributed by atoms with Gasteiger partial charge in [0.25, 0.3) is 15.9 Å². The summed E-state index contributed by atoms with van der Waals surface area (Å²) in [5.41, 5.74) is 3.64. The molecule has 1 atom stereocenters. The monoisotopic (exact) mass is 464 g/mol. The van der Waals surface area contributed by atoms with Crippen molar-refractivity contribution in [1.29, 1.82) is 0 Å². The number of aryl methyl sites for hydroxylation is 1. The van der Waals surface area contributed by atoms with Crippen molar-refractivity contribution < 1.29 is 17.9 Å². The van der Waals surface area contributed by atoms with E-state index in [4.69, 9.17) is 4.74 Å². The first-order valence-corrected chi connectivity index (χ1v) is 12.4. The van der Waals surface area contributed by atoms with E-state index in [1.807, 2.05) is 45.0 Å². The van der Waals surface area contributed by atoms with E-state index in [1.54, 1.807) is 41.3 Å². The number of nitrogens with zero attached hydrogens (tertiary/aromatic N) is 2. The topological polar surface area (TPSA) is 66.9 Å². The van der Waals surface area contributed by atoms with Crippen molar-refractivity contribution in [3.8, 4) is 5.75 Å². The van der Waals surface area contributed by atoms with Gasteiger partial charge in [-0.2, -0.15) is 0 Å². The number of amides is 1. The second kappa shape index (κ2) is 8.90. The quantitative estimate of drug-likeness (QED) is 0.525. The number of anilines is 2. The Morgan fingerprint density at radius 3 is 2.48 bits per heavy atom. The van der Waals surface area contributed by atoms with Crippen LogP contribution in [0, 0.1) is 6.92 Å². The number of hydrogen-bond donors (Lipinski definition) is 0. The van der Waals surface area contributed by atoms with Crippen LogP contribution in [0.3, 0.4) is 0 Å². The van der Waals surface area contributed by atoms with Gasteiger partial charge in [0.15, 0.2) is 0 Å². The molecule has 0 unspecified atom stereocenters. The van der Waals surface area contributed by atoms with Crippen molar-refractivity contribution >= 4 is 27.3 Å². The molecule has 3 aromatic carbocycles. The fourth-order valence-electron chi connectivity index (χ4n) is 4.21. The molecule has 6 nitrogen and oxygen atoms in total. The molecule has 0 bridgehead atoms. The number of ether oxygens (including phenoxy) is 1. The van der Waals surface area contributed by atoms with Gasteiger partial charge in [-0.1, -0.05) is 24.3 Å². The molecule has 0 spiro atoms. The van der Waals surface area contributed by atoms with Crippen molar-refractivity contribution in [3.05, 3.63) is 83.4 Å². The van der Waals surface area contributed by atoms with E-state index in [0.29, 0.717) is 23.6 Å². The summed E-state index contributed by atoms with van der Waals surface area (Å²) in [4.78, 5) is 15.4. The van der Waals surface area contributed by atoms with Gasteiger partial charge < -0.3 is 9.64 Å². The number of para-hydroxylation sites is 1. The number of fused-ring (bicyclic) bond motifs is 1. The van der Waals surface area contributed by atoms with Crippen molar-refractivity contribution in [3.63, 3.8) is 0 Å². The van der Waals surface area contributed by atoms with Crippen LogP contribution in [0.15, 0.2) is 71.6 Å². The number of hydrogen-bond acceptors (Lipinski definition) is 4. The second-order valence-electron chi connectivity index (χ2n) is 8.23. The Hall–Kier alpha value is -3.32. The zero-order valence-corrected chi connectivity index (χ0v) is 20.1. The van der Waals surface area contributed by atoms with Gasteiger partial charge in [0.05, 0.1) is 17.2 Å². The van der Waals surface area contributed by atoms with Crippen LogP contribution in [-0.2, 0) is 16.4 Å². The number of carbonyl (C=O) groups is 1. The summed E-state index contributed by atoms with van der Waals surface area (Å²) < 4.78 is 33.4. The van der Waals surface area contributed by atoms with Crippen molar-refractivity contribution in [1.82, 2.24) is 0 Å². The van der Waals surface area contributed by atoms with E-state index in [9.17, 15) is 13.2 Å². The number of rotatable bonds is 6. The molecule has 0 saturated carbocycles. The van der Waals surface area contributed by atoms with E-state index in [0.717, 1.165) is 23.2 Å². The predicted octanol–water partition coefficient (Wildman–Crippen LogP) is 4.81. The fourth-order valence-corrected chi connectivity index (χ4v) is 5.43. The molecule has 0 radical (unpaired) electrons. The maximum Gasteiger partial charge on any atom is 0.264 e. The lowest BCUT2D eigenvalue weighted by Gasteiger charge is -2.25. The van der Waals surface area contributed by atoms with Crippen molar-refractivity contribution in [2.24, 2.45) is 0 Å². The summed E-state index contributed by atoms with van der Waals surface area (Å²) in [5.74, 6) is 0.487. The maximum atomic E-state index is 13.6. The lowest BCUT2D eigenvalue weighted by Crippen LogP contribution is -2.36. The smallest absolute Gasteiger partial charge is 0.264 e. The van der Waals surface area contributed by atoms with Crippen LogP contribution in [-0.4, -0.2) is 34.0 Å². The first-order chi connectivity index (χ1) is 15.7. The van der Waals surface area contributed by atoms with E-state index >= 15 is 0 Å². The zero-order valence-electron chi connectivity index (χ0n) is 19.3. The van der Waals surface area contributed by atoms with Crippen molar-refractivity contribution in [2.45, 2.75) is 38.1 Å². The Bertz CT molecular complexity index is 1290. The molecular weight excluding hydrogens is 436 g/mol. The minimum absolute atomic E-state index is 0.00101. The van der Waals surface area contributed by atoms with Gasteiger partial charge >= 0.3 is 0 Å². The standard InChI is InChI=1S/C26H28N2O4S/c1-5-32-22-13-11-21(12-14-22)27(4)33(30,31)23-15-10-18(2)24(17-23)26(29)28-19(3)16-20-8-6-7-9-25(20)28/h6-15,17,19H,5,16H2,1-4H3/t19-/m0/s1. The first kappa shape index (κ1) is 22.9. The first-order valence-electron chi connectivity index (χ1n) is 11.0. The molecule has 1 heterocycles. The lowest BCUT2D eigenvalue weighted by atomic mass is 10.1. The highest BCUT2D eigenvalue weighted by Crippen LogP contribution is 2.34. The highest BCUT2D eigenvalue weighted by atomic mass is 32.2. The highest BCUT2D eigenvalue weighted by Gasteiger charge is 2.33. The second-order valence-corrected chi connectivity index (χ2v) is 10.2. The SMILES string of the molecule is CCOc1ccc(N(C)S(=O)(=O)c2ccc(C)c(C(=O)N3c4ccccc4C[C@@H]3C)c2)cc1. The van der Waals surface area contributed by atoms with Crippen LogP contribution in [0.25, 0.3) is 0 Å². The number of benzene rings is 3. The maximum absolute atomic E-state index is 13.6. The van der Waals surface area contributed by atoms with Gasteiger partial charge in [-0.25, -0.2) is 8.42 Å². The van der Waals surface area contributed by atoms with E-state index in [1.165, 1.54) is 17.4 Å². The number of sulfonamides is 1. The molecule has 3 aromatic rings. The molecule has 0 N–H and O–H groups in total. The molecule has 0 fully saturated rings. The Kier molecular flexibility index (Phi) is 6.17. The third-order valence-corrected chi connectivity index (χ3v) is 7.82. The summed E-state index contributed by atoms with van der Waals surface area (Å²) in [6, 6.07) is 19.5. The minimum Gasteiger partial charge on any atom is -0.494 e. The normalized spacial score (nSPS) is 15.3. The molecule has 1 aliphatic rings. The molecule has 0 aliphatic carbocycles. The Morgan fingerprint density at radius 2 is 1.79 bits per heavy atom. The molecule has 4 rings (SSSR count). The van der Waals surface area contributed by atoms with Crippen LogP contribution >= 0.6 is 0 Å². The largest absolute Gasteiger partial charge is 0.494 e. The Labute approximate surface area is 195 Å². The lowest BCUT2D eigenvalue weighted by molar-refractivity contribution is 0.0980. The summed E-state index contributed by atoms with van der Waals surface area (Å²) in [6.07, 6.45) is 0.777. The van der Waals surface area contributed by atoms with Crippen LogP contribution < -0.4 is 13.9 Å². The van der Waals surface area contributed by atoms with Gasteiger partial charge in [0.2, 0.25) is 0 Å². The molecule has 7 heteroatoms. The van der Waals surface area contributed by atoms with E-state index < -0.39 is 10.0 Å². The molecule has 0 saturated heterocycles. The molecule has 0 aromatic heterocycles.